The van der Waals surface area contributed by atoms with E-state index in [9.17, 15) is 9.59 Å². The maximum absolute atomic E-state index is 12.7. The van der Waals surface area contributed by atoms with Crippen LogP contribution in [0.3, 0.4) is 0 Å². The van der Waals surface area contributed by atoms with Gasteiger partial charge in [-0.1, -0.05) is 30.3 Å². The molecule has 0 aliphatic carbocycles. The van der Waals surface area contributed by atoms with E-state index >= 15 is 0 Å². The number of benzene rings is 2. The first-order valence-corrected chi connectivity index (χ1v) is 10.2. The number of hydrogen-bond acceptors (Lipinski definition) is 5. The number of fused-ring (bicyclic) bond motifs is 1. The van der Waals surface area contributed by atoms with E-state index in [-0.39, 0.29) is 24.1 Å². The fraction of sp³-hybridized carbons (Fsp3) is 0.348. The molecule has 0 saturated carbocycles. The van der Waals surface area contributed by atoms with Gasteiger partial charge in [-0.25, -0.2) is 4.98 Å². The van der Waals surface area contributed by atoms with Crippen LogP contribution in [0.2, 0.25) is 0 Å². The molecule has 1 aliphatic rings. The average Bonchev–Trinajstić information content (AvgIpc) is 3.31. The zero-order chi connectivity index (χ0) is 20.9. The Morgan fingerprint density at radius 2 is 1.87 bits per heavy atom. The molecule has 1 fully saturated rings. The van der Waals surface area contributed by atoms with Crippen LogP contribution in [0.15, 0.2) is 59.7 Å². The predicted octanol–water partition coefficient (Wildman–Crippen LogP) is 2.36. The van der Waals surface area contributed by atoms with Gasteiger partial charge >= 0.3 is 0 Å². The van der Waals surface area contributed by atoms with Crippen molar-refractivity contribution in [1.29, 1.82) is 0 Å². The van der Waals surface area contributed by atoms with Gasteiger partial charge in [-0.05, 0) is 44.1 Å². The minimum absolute atomic E-state index is 0.0269. The molecule has 156 valence electrons. The summed E-state index contributed by atoms with van der Waals surface area (Å²) in [6.07, 6.45) is 3.73. The highest BCUT2D eigenvalue weighted by Gasteiger charge is 2.26. The van der Waals surface area contributed by atoms with E-state index in [1.165, 1.54) is 10.9 Å². The predicted molar refractivity (Wildman–Crippen MR) is 116 cm³/mol. The number of rotatable bonds is 7. The highest BCUT2D eigenvalue weighted by molar-refractivity contribution is 5.78. The van der Waals surface area contributed by atoms with Crippen LogP contribution < -0.4 is 15.6 Å². The van der Waals surface area contributed by atoms with E-state index < -0.39 is 0 Å². The summed E-state index contributed by atoms with van der Waals surface area (Å²) in [6.45, 7) is 2.38. The summed E-state index contributed by atoms with van der Waals surface area (Å²) in [7, 11) is 1.66. The molecule has 2 aromatic carbocycles. The number of likely N-dealkylation sites (tertiary alicyclic amines) is 1. The molecule has 1 unspecified atom stereocenters. The van der Waals surface area contributed by atoms with E-state index in [0.29, 0.717) is 17.4 Å². The van der Waals surface area contributed by atoms with E-state index in [0.717, 1.165) is 37.2 Å². The Morgan fingerprint density at radius 1 is 1.13 bits per heavy atom. The zero-order valence-electron chi connectivity index (χ0n) is 17.1. The second-order valence-electron chi connectivity index (χ2n) is 7.50. The summed E-state index contributed by atoms with van der Waals surface area (Å²) in [5.41, 5.74) is 1.48. The molecule has 7 nitrogen and oxygen atoms in total. The van der Waals surface area contributed by atoms with Crippen molar-refractivity contribution in [1.82, 2.24) is 19.8 Å². The second-order valence-corrected chi connectivity index (χ2v) is 7.50. The van der Waals surface area contributed by atoms with Crippen molar-refractivity contribution in [2.75, 3.05) is 26.7 Å². The highest BCUT2D eigenvalue weighted by atomic mass is 16.5. The van der Waals surface area contributed by atoms with Crippen LogP contribution in [0.4, 0.5) is 0 Å². The Hall–Kier alpha value is -3.19. The molecule has 2 heterocycles. The summed E-state index contributed by atoms with van der Waals surface area (Å²) >= 11 is 0. The third kappa shape index (κ3) is 4.21. The molecule has 1 N–H and O–H groups in total. The number of para-hydroxylation sites is 2. The lowest BCUT2D eigenvalue weighted by molar-refractivity contribution is -0.122. The van der Waals surface area contributed by atoms with Gasteiger partial charge in [0.1, 0.15) is 12.3 Å². The smallest absolute Gasteiger partial charge is 0.261 e. The lowest BCUT2D eigenvalue weighted by Gasteiger charge is -2.29. The van der Waals surface area contributed by atoms with E-state index in [1.54, 1.807) is 25.3 Å². The number of carbonyl (C=O) groups excluding carboxylic acids is 1. The van der Waals surface area contributed by atoms with E-state index in [1.807, 2.05) is 30.3 Å². The number of nitrogens with one attached hydrogen (secondary N) is 1. The van der Waals surface area contributed by atoms with Crippen molar-refractivity contribution in [3.63, 3.8) is 0 Å². The topological polar surface area (TPSA) is 76.5 Å². The third-order valence-electron chi connectivity index (χ3n) is 5.62. The maximum Gasteiger partial charge on any atom is 0.261 e. The lowest BCUT2D eigenvalue weighted by Crippen LogP contribution is -2.39. The Labute approximate surface area is 175 Å². The van der Waals surface area contributed by atoms with Gasteiger partial charge in [0.2, 0.25) is 5.91 Å². The SMILES string of the molecule is COc1ccccc1C(CNC(=O)Cn1cnc2ccccc2c1=O)N1CCCC1. The van der Waals surface area contributed by atoms with Crippen LogP contribution in [0.25, 0.3) is 10.9 Å². The highest BCUT2D eigenvalue weighted by Crippen LogP contribution is 2.31. The molecule has 30 heavy (non-hydrogen) atoms. The monoisotopic (exact) mass is 406 g/mol. The minimum Gasteiger partial charge on any atom is -0.496 e. The Morgan fingerprint density at radius 3 is 2.67 bits per heavy atom. The standard InChI is InChI=1S/C23H26N4O3/c1-30-21-11-5-3-9-18(21)20(26-12-6-7-13-26)14-24-22(28)15-27-16-25-19-10-4-2-8-17(19)23(27)29/h2-5,8-11,16,20H,6-7,12-15H2,1H3,(H,24,28). The normalized spacial score (nSPS) is 15.2. The van der Waals surface area contributed by atoms with Gasteiger partial charge < -0.3 is 10.1 Å². The first-order chi connectivity index (χ1) is 14.7. The van der Waals surface area contributed by atoms with Crippen LogP contribution in [0, 0.1) is 0 Å². The number of ether oxygens (including phenoxy) is 1. The number of methoxy groups -OCH3 is 1. The second kappa shape index (κ2) is 9.09. The summed E-state index contributed by atoms with van der Waals surface area (Å²) in [6, 6.07) is 15.1. The van der Waals surface area contributed by atoms with Crippen LogP contribution >= 0.6 is 0 Å². The number of nitrogens with zero attached hydrogens (tertiary/aromatic N) is 3. The van der Waals surface area contributed by atoms with Crippen LogP contribution in [-0.4, -0.2) is 47.1 Å². The number of carbonyl (C=O) groups is 1. The van der Waals surface area contributed by atoms with Gasteiger partial charge in [0.15, 0.2) is 0 Å². The van der Waals surface area contributed by atoms with Gasteiger partial charge in [0, 0.05) is 12.1 Å². The van der Waals surface area contributed by atoms with Crippen molar-refractivity contribution >= 4 is 16.8 Å². The molecule has 1 amide bonds. The fourth-order valence-electron chi connectivity index (χ4n) is 4.07. The van der Waals surface area contributed by atoms with Crippen molar-refractivity contribution in [2.24, 2.45) is 0 Å². The van der Waals surface area contributed by atoms with Crippen molar-refractivity contribution in [3.05, 3.63) is 70.8 Å². The van der Waals surface area contributed by atoms with E-state index in [2.05, 4.69) is 15.2 Å². The number of aromatic nitrogens is 2. The van der Waals surface area contributed by atoms with Gasteiger partial charge in [0.05, 0.1) is 30.4 Å². The first kappa shape index (κ1) is 20.1. The van der Waals surface area contributed by atoms with E-state index in [4.69, 9.17) is 4.74 Å². The van der Waals surface area contributed by atoms with Crippen molar-refractivity contribution in [2.45, 2.75) is 25.4 Å². The lowest BCUT2D eigenvalue weighted by atomic mass is 10.0. The molecule has 1 aromatic heterocycles. The average molecular weight is 406 g/mol. The van der Waals surface area contributed by atoms with Gasteiger partial charge in [-0.15, -0.1) is 0 Å². The molecule has 0 spiro atoms. The molecule has 7 heteroatoms. The molecule has 1 aliphatic heterocycles. The maximum atomic E-state index is 12.7. The van der Waals surface area contributed by atoms with Crippen LogP contribution in [-0.2, 0) is 11.3 Å². The molecular formula is C23H26N4O3. The third-order valence-corrected chi connectivity index (χ3v) is 5.62. The van der Waals surface area contributed by atoms with Crippen molar-refractivity contribution < 1.29 is 9.53 Å². The molecular weight excluding hydrogens is 380 g/mol. The summed E-state index contributed by atoms with van der Waals surface area (Å²) in [5, 5.41) is 3.52. The first-order valence-electron chi connectivity index (χ1n) is 10.2. The quantitative estimate of drug-likeness (QED) is 0.652. The fourth-order valence-corrected chi connectivity index (χ4v) is 4.07. The number of amides is 1. The molecule has 0 radical (unpaired) electrons. The summed E-state index contributed by atoms with van der Waals surface area (Å²) < 4.78 is 6.90. The van der Waals surface area contributed by atoms with Crippen molar-refractivity contribution in [3.8, 4) is 5.75 Å². The molecule has 1 atom stereocenters. The molecule has 3 aromatic rings. The molecule has 4 rings (SSSR count). The minimum atomic E-state index is -0.215. The number of hydrogen-bond donors (Lipinski definition) is 1. The Kier molecular flexibility index (Phi) is 6.09. The summed E-state index contributed by atoms with van der Waals surface area (Å²) in [5.74, 6) is 0.604. The molecule has 0 bridgehead atoms. The summed E-state index contributed by atoms with van der Waals surface area (Å²) in [4.78, 5) is 32.0. The van der Waals surface area contributed by atoms with Crippen LogP contribution in [0.5, 0.6) is 5.75 Å². The van der Waals surface area contributed by atoms with Crippen LogP contribution in [0.1, 0.15) is 24.4 Å². The van der Waals surface area contributed by atoms with Gasteiger partial charge in [0.25, 0.3) is 5.56 Å². The Balaban J connectivity index is 1.49. The largest absolute Gasteiger partial charge is 0.496 e. The van der Waals surface area contributed by atoms with Gasteiger partial charge in [-0.3, -0.25) is 19.1 Å². The van der Waals surface area contributed by atoms with Gasteiger partial charge in [-0.2, -0.15) is 0 Å². The Bertz CT molecular complexity index is 1090. The zero-order valence-corrected chi connectivity index (χ0v) is 17.1. The molecule has 1 saturated heterocycles.